The van der Waals surface area contributed by atoms with Gasteiger partial charge in [0.1, 0.15) is 0 Å². The van der Waals surface area contributed by atoms with Crippen LogP contribution in [-0.4, -0.2) is 34.0 Å². The summed E-state index contributed by atoms with van der Waals surface area (Å²) in [5.74, 6) is -0.0912. The molecule has 0 bridgehead atoms. The summed E-state index contributed by atoms with van der Waals surface area (Å²) in [6.07, 6.45) is 5.28. The van der Waals surface area contributed by atoms with Gasteiger partial charge in [-0.25, -0.2) is 4.79 Å². The van der Waals surface area contributed by atoms with Crippen LogP contribution >= 0.6 is 0 Å². The first-order valence-electron chi connectivity index (χ1n) is 6.59. The maximum absolute atomic E-state index is 10.7. The molecule has 0 radical (unpaired) electrons. The van der Waals surface area contributed by atoms with Crippen molar-refractivity contribution in [3.05, 3.63) is 29.6 Å². The number of carbonyl (C=O) groups is 1. The van der Waals surface area contributed by atoms with E-state index in [1.54, 1.807) is 6.07 Å². The second-order valence-corrected chi connectivity index (χ2v) is 5.02. The molecule has 0 aromatic carbocycles. The lowest BCUT2D eigenvalue weighted by Crippen LogP contribution is -2.20. The van der Waals surface area contributed by atoms with Crippen molar-refractivity contribution in [2.24, 2.45) is 5.92 Å². The van der Waals surface area contributed by atoms with Crippen molar-refractivity contribution in [2.45, 2.75) is 32.7 Å². The van der Waals surface area contributed by atoms with Gasteiger partial charge < -0.3 is 5.11 Å². The molecule has 2 rings (SSSR count). The molecule has 1 saturated heterocycles. The number of likely N-dealkylation sites (tertiary alicyclic amines) is 1. The van der Waals surface area contributed by atoms with Crippen molar-refractivity contribution in [1.29, 1.82) is 0 Å². The Kier molecular flexibility index (Phi) is 4.31. The van der Waals surface area contributed by atoms with Crippen LogP contribution in [0.5, 0.6) is 0 Å². The van der Waals surface area contributed by atoms with E-state index in [1.807, 2.05) is 6.07 Å². The maximum Gasteiger partial charge on any atom is 0.337 e. The number of aromatic nitrogens is 1. The van der Waals surface area contributed by atoms with Crippen LogP contribution in [0.15, 0.2) is 18.3 Å². The molecule has 1 aliphatic heterocycles. The van der Waals surface area contributed by atoms with Gasteiger partial charge in [0.25, 0.3) is 0 Å². The number of hydrogen-bond acceptors (Lipinski definition) is 3. The summed E-state index contributed by atoms with van der Waals surface area (Å²) in [6.45, 7) is 5.35. The molecule has 1 unspecified atom stereocenters. The van der Waals surface area contributed by atoms with E-state index in [2.05, 4.69) is 16.8 Å². The Hall–Kier alpha value is -1.42. The summed E-state index contributed by atoms with van der Waals surface area (Å²) in [6, 6.07) is 3.45. The molecule has 2 heterocycles. The van der Waals surface area contributed by atoms with E-state index in [1.165, 1.54) is 25.5 Å². The van der Waals surface area contributed by atoms with Crippen LogP contribution in [0.2, 0.25) is 0 Å². The van der Waals surface area contributed by atoms with E-state index in [0.29, 0.717) is 0 Å². The molecule has 18 heavy (non-hydrogen) atoms. The van der Waals surface area contributed by atoms with Crippen molar-refractivity contribution in [2.75, 3.05) is 13.1 Å². The highest BCUT2D eigenvalue weighted by Gasteiger charge is 2.21. The fourth-order valence-electron chi connectivity index (χ4n) is 2.57. The second-order valence-electron chi connectivity index (χ2n) is 5.02. The van der Waals surface area contributed by atoms with Gasteiger partial charge in [0.05, 0.1) is 11.3 Å². The largest absolute Gasteiger partial charge is 0.478 e. The summed E-state index contributed by atoms with van der Waals surface area (Å²) in [5.41, 5.74) is 1.21. The number of carboxylic acids is 1. The lowest BCUT2D eigenvalue weighted by Gasteiger charge is -2.15. The summed E-state index contributed by atoms with van der Waals surface area (Å²) < 4.78 is 0. The quantitative estimate of drug-likeness (QED) is 0.869. The summed E-state index contributed by atoms with van der Waals surface area (Å²) in [7, 11) is 0. The fourth-order valence-corrected chi connectivity index (χ4v) is 2.57. The molecule has 0 saturated carbocycles. The third-order valence-corrected chi connectivity index (χ3v) is 3.52. The van der Waals surface area contributed by atoms with Crippen molar-refractivity contribution in [3.8, 4) is 0 Å². The highest BCUT2D eigenvalue weighted by molar-refractivity contribution is 5.87. The number of pyridine rings is 1. The van der Waals surface area contributed by atoms with Gasteiger partial charge in [0.2, 0.25) is 0 Å². The minimum absolute atomic E-state index is 0.254. The predicted octanol–water partition coefficient (Wildman–Crippen LogP) is 2.40. The predicted molar refractivity (Wildman–Crippen MR) is 69.5 cm³/mol. The van der Waals surface area contributed by atoms with E-state index >= 15 is 0 Å². The molecule has 0 amide bonds. The van der Waals surface area contributed by atoms with Crippen molar-refractivity contribution in [3.63, 3.8) is 0 Å². The summed E-state index contributed by atoms with van der Waals surface area (Å²) in [4.78, 5) is 17.3. The molecule has 1 N–H and O–H groups in total. The van der Waals surface area contributed by atoms with Gasteiger partial charge in [0, 0.05) is 19.3 Å². The monoisotopic (exact) mass is 248 g/mol. The van der Waals surface area contributed by atoms with E-state index in [0.717, 1.165) is 31.2 Å². The third-order valence-electron chi connectivity index (χ3n) is 3.52. The zero-order valence-corrected chi connectivity index (χ0v) is 10.8. The van der Waals surface area contributed by atoms with Crippen LogP contribution in [0, 0.1) is 5.92 Å². The van der Waals surface area contributed by atoms with Gasteiger partial charge in [-0.15, -0.1) is 0 Å². The molecule has 98 valence electrons. The van der Waals surface area contributed by atoms with E-state index < -0.39 is 5.97 Å². The van der Waals surface area contributed by atoms with Crippen LogP contribution < -0.4 is 0 Å². The molecular weight excluding hydrogens is 228 g/mol. The van der Waals surface area contributed by atoms with Gasteiger partial charge in [0.15, 0.2) is 0 Å². The number of aromatic carboxylic acids is 1. The van der Waals surface area contributed by atoms with Gasteiger partial charge in [-0.2, -0.15) is 0 Å². The first-order valence-corrected chi connectivity index (χ1v) is 6.59. The topological polar surface area (TPSA) is 53.4 Å². The lowest BCUT2D eigenvalue weighted by atomic mass is 10.0. The SMILES string of the molecule is CCCC1CCN(Cc2ccc(C(=O)O)cn2)C1. The highest BCUT2D eigenvalue weighted by atomic mass is 16.4. The molecule has 1 aromatic heterocycles. The summed E-state index contributed by atoms with van der Waals surface area (Å²) in [5, 5.41) is 8.80. The zero-order chi connectivity index (χ0) is 13.0. The Morgan fingerprint density at radius 2 is 2.39 bits per heavy atom. The average Bonchev–Trinajstić information content (AvgIpc) is 2.78. The molecule has 0 aliphatic carbocycles. The molecule has 0 spiro atoms. The Bertz CT molecular complexity index is 403. The molecule has 4 heteroatoms. The second kappa shape index (κ2) is 5.96. The Balaban J connectivity index is 1.88. The van der Waals surface area contributed by atoms with E-state index in [4.69, 9.17) is 5.11 Å². The molecule has 4 nitrogen and oxygen atoms in total. The van der Waals surface area contributed by atoms with E-state index in [-0.39, 0.29) is 5.56 Å². The van der Waals surface area contributed by atoms with Crippen molar-refractivity contribution < 1.29 is 9.90 Å². The minimum atomic E-state index is -0.918. The Morgan fingerprint density at radius 1 is 1.56 bits per heavy atom. The first-order chi connectivity index (χ1) is 8.69. The lowest BCUT2D eigenvalue weighted by molar-refractivity contribution is 0.0696. The van der Waals surface area contributed by atoms with Gasteiger partial charge in [-0.1, -0.05) is 13.3 Å². The van der Waals surface area contributed by atoms with Crippen LogP contribution in [-0.2, 0) is 6.54 Å². The molecule has 1 atom stereocenters. The minimum Gasteiger partial charge on any atom is -0.478 e. The maximum atomic E-state index is 10.7. The smallest absolute Gasteiger partial charge is 0.337 e. The van der Waals surface area contributed by atoms with Crippen molar-refractivity contribution in [1.82, 2.24) is 9.88 Å². The highest BCUT2D eigenvalue weighted by Crippen LogP contribution is 2.22. The number of carboxylic acid groups (broad SMARTS) is 1. The Morgan fingerprint density at radius 3 is 3.00 bits per heavy atom. The summed E-state index contributed by atoms with van der Waals surface area (Å²) >= 11 is 0. The Labute approximate surface area is 108 Å². The fraction of sp³-hybridized carbons (Fsp3) is 0.571. The third kappa shape index (κ3) is 3.29. The first kappa shape index (κ1) is 13.0. The standard InChI is InChI=1S/C14H20N2O2/c1-2-3-11-6-7-16(9-11)10-13-5-4-12(8-15-13)14(17)18/h4-5,8,11H,2-3,6-7,9-10H2,1H3,(H,17,18). The number of rotatable bonds is 5. The van der Waals surface area contributed by atoms with E-state index in [9.17, 15) is 4.79 Å². The van der Waals surface area contributed by atoms with Gasteiger partial charge in [-0.05, 0) is 37.4 Å². The molecule has 1 aliphatic rings. The van der Waals surface area contributed by atoms with Crippen LogP contribution in [0.3, 0.4) is 0 Å². The molecular formula is C14H20N2O2. The normalized spacial score (nSPS) is 20.2. The molecule has 1 fully saturated rings. The van der Waals surface area contributed by atoms with Crippen LogP contribution in [0.25, 0.3) is 0 Å². The number of nitrogens with zero attached hydrogens (tertiary/aromatic N) is 2. The van der Waals surface area contributed by atoms with Gasteiger partial charge in [-0.3, -0.25) is 9.88 Å². The van der Waals surface area contributed by atoms with Crippen molar-refractivity contribution >= 4 is 5.97 Å². The van der Waals surface area contributed by atoms with Crippen LogP contribution in [0.1, 0.15) is 42.2 Å². The van der Waals surface area contributed by atoms with Crippen LogP contribution in [0.4, 0.5) is 0 Å². The van der Waals surface area contributed by atoms with Gasteiger partial charge >= 0.3 is 5.97 Å². The average molecular weight is 248 g/mol. The molecule has 1 aromatic rings. The zero-order valence-electron chi connectivity index (χ0n) is 10.8. The number of hydrogen-bond donors (Lipinski definition) is 1.